The number of carboxylic acids is 1. The first kappa shape index (κ1) is 11.4. The van der Waals surface area contributed by atoms with Gasteiger partial charge < -0.3 is 20.5 Å². The highest BCUT2D eigenvalue weighted by atomic mass is 16.5. The van der Waals surface area contributed by atoms with E-state index in [1.54, 1.807) is 6.92 Å². The van der Waals surface area contributed by atoms with Gasteiger partial charge >= 0.3 is 11.9 Å². The number of hydrogen-bond donors (Lipinski definition) is 3. The van der Waals surface area contributed by atoms with Crippen LogP contribution in [0.5, 0.6) is 5.95 Å². The third-order valence-corrected chi connectivity index (χ3v) is 1.06. The topological polar surface area (TPSA) is 110 Å². The Hall–Kier alpha value is -1.56. The Bertz CT molecular complexity index is 259. The van der Waals surface area contributed by atoms with Gasteiger partial charge in [0.1, 0.15) is 5.69 Å². The molecule has 0 aliphatic rings. The third kappa shape index (κ3) is 5.68. The lowest BCUT2D eigenvalue weighted by Crippen LogP contribution is -1.94. The van der Waals surface area contributed by atoms with Crippen LogP contribution in [0.3, 0.4) is 0 Å². The van der Waals surface area contributed by atoms with Crippen molar-refractivity contribution in [2.24, 2.45) is 5.73 Å². The maximum absolute atomic E-state index is 9.37. The lowest BCUT2D eigenvalue weighted by atomic mass is 10.4. The highest BCUT2D eigenvalue weighted by Crippen LogP contribution is 2.07. The predicted octanol–water partition coefficient (Wildman–Crippen LogP) is 0.320. The molecule has 13 heavy (non-hydrogen) atoms. The molecule has 1 rings (SSSR count). The third-order valence-electron chi connectivity index (χ3n) is 1.06. The molecule has 1 aromatic heterocycles. The van der Waals surface area contributed by atoms with E-state index in [2.05, 4.69) is 9.68 Å². The highest BCUT2D eigenvalue weighted by Gasteiger charge is 1.96. The SMILES string of the molecule is CCC(=O)O.NCc1cc(O)on1. The number of aromatic hydroxyl groups is 1. The molecule has 0 unspecified atom stereocenters. The van der Waals surface area contributed by atoms with Crippen LogP contribution >= 0.6 is 0 Å². The molecule has 0 spiro atoms. The minimum absolute atomic E-state index is 0.189. The number of carboxylic acid groups (broad SMARTS) is 1. The van der Waals surface area contributed by atoms with E-state index < -0.39 is 5.97 Å². The zero-order valence-corrected chi connectivity index (χ0v) is 7.23. The van der Waals surface area contributed by atoms with Gasteiger partial charge in [0.05, 0.1) is 0 Å². The van der Waals surface area contributed by atoms with Crippen LogP contribution in [0.25, 0.3) is 0 Å². The molecule has 0 radical (unpaired) electrons. The Labute approximate surface area is 75.0 Å². The quantitative estimate of drug-likeness (QED) is 0.616. The summed E-state index contributed by atoms with van der Waals surface area (Å²) >= 11 is 0. The van der Waals surface area contributed by atoms with Crippen LogP contribution in [0.4, 0.5) is 0 Å². The van der Waals surface area contributed by atoms with Gasteiger partial charge in [-0.2, -0.15) is 0 Å². The van der Waals surface area contributed by atoms with E-state index in [-0.39, 0.29) is 12.4 Å². The summed E-state index contributed by atoms with van der Waals surface area (Å²) in [7, 11) is 0. The van der Waals surface area contributed by atoms with E-state index in [9.17, 15) is 4.79 Å². The van der Waals surface area contributed by atoms with Crippen LogP contribution in [0.2, 0.25) is 0 Å². The van der Waals surface area contributed by atoms with Crippen molar-refractivity contribution in [3.8, 4) is 5.95 Å². The molecule has 6 heteroatoms. The molecule has 1 aromatic rings. The molecular weight excluding hydrogens is 176 g/mol. The van der Waals surface area contributed by atoms with Crippen molar-refractivity contribution in [1.29, 1.82) is 0 Å². The van der Waals surface area contributed by atoms with Gasteiger partial charge in [0, 0.05) is 19.0 Å². The molecule has 0 aliphatic heterocycles. The molecule has 0 bridgehead atoms. The van der Waals surface area contributed by atoms with Crippen LogP contribution in [-0.4, -0.2) is 21.3 Å². The number of carbonyl (C=O) groups is 1. The second kappa shape index (κ2) is 6.01. The minimum atomic E-state index is -0.745. The predicted molar refractivity (Wildman–Crippen MR) is 44.0 cm³/mol. The van der Waals surface area contributed by atoms with Gasteiger partial charge in [-0.1, -0.05) is 12.1 Å². The summed E-state index contributed by atoms with van der Waals surface area (Å²) in [6, 6.07) is 1.38. The Morgan fingerprint density at radius 1 is 1.77 bits per heavy atom. The van der Waals surface area contributed by atoms with Crippen LogP contribution in [-0.2, 0) is 11.3 Å². The highest BCUT2D eigenvalue weighted by molar-refractivity contribution is 5.66. The summed E-state index contributed by atoms with van der Waals surface area (Å²) in [5.41, 5.74) is 5.69. The zero-order chi connectivity index (χ0) is 10.3. The van der Waals surface area contributed by atoms with Crippen LogP contribution in [0.1, 0.15) is 19.0 Å². The molecule has 1 heterocycles. The fraction of sp³-hybridized carbons (Fsp3) is 0.429. The average molecular weight is 188 g/mol. The van der Waals surface area contributed by atoms with Crippen molar-refractivity contribution >= 4 is 5.97 Å². The molecule has 6 nitrogen and oxygen atoms in total. The molecule has 0 saturated carbocycles. The molecule has 0 saturated heterocycles. The standard InChI is InChI=1S/C4H6N2O2.C3H6O2/c5-2-3-1-4(7)8-6-3;1-2-3(4)5/h1,7H,2,5H2;2H2,1H3,(H,4,5). The second-order valence-electron chi connectivity index (χ2n) is 2.11. The van der Waals surface area contributed by atoms with Crippen molar-refractivity contribution in [2.75, 3.05) is 0 Å². The van der Waals surface area contributed by atoms with Crippen LogP contribution < -0.4 is 5.73 Å². The molecule has 0 aromatic carbocycles. The number of nitrogens with two attached hydrogens (primary N) is 1. The van der Waals surface area contributed by atoms with Gasteiger partial charge in [-0.3, -0.25) is 4.79 Å². The summed E-state index contributed by atoms with van der Waals surface area (Å²) < 4.78 is 4.28. The van der Waals surface area contributed by atoms with E-state index >= 15 is 0 Å². The summed E-state index contributed by atoms with van der Waals surface area (Å²) in [4.78, 5) is 9.37. The Kier molecular flexibility index (Phi) is 5.29. The van der Waals surface area contributed by atoms with Crippen molar-refractivity contribution in [3.05, 3.63) is 11.8 Å². The van der Waals surface area contributed by atoms with Crippen molar-refractivity contribution in [2.45, 2.75) is 19.9 Å². The molecule has 0 atom stereocenters. The van der Waals surface area contributed by atoms with Gasteiger partial charge in [-0.15, -0.1) is 0 Å². The van der Waals surface area contributed by atoms with E-state index in [0.717, 1.165) is 0 Å². The van der Waals surface area contributed by atoms with Gasteiger partial charge in [-0.25, -0.2) is 0 Å². The Balaban J connectivity index is 0.000000252. The number of hydrogen-bond acceptors (Lipinski definition) is 5. The largest absolute Gasteiger partial charge is 0.481 e. The maximum atomic E-state index is 9.37. The molecule has 4 N–H and O–H groups in total. The van der Waals surface area contributed by atoms with E-state index in [1.807, 2.05) is 0 Å². The van der Waals surface area contributed by atoms with E-state index in [1.165, 1.54) is 6.07 Å². The first-order valence-corrected chi connectivity index (χ1v) is 3.66. The lowest BCUT2D eigenvalue weighted by molar-refractivity contribution is -0.136. The summed E-state index contributed by atoms with van der Waals surface area (Å²) in [6.45, 7) is 1.90. The number of aliphatic carboxylic acids is 1. The average Bonchev–Trinajstić information content (AvgIpc) is 2.52. The fourth-order valence-corrected chi connectivity index (χ4v) is 0.397. The van der Waals surface area contributed by atoms with Crippen LogP contribution in [0.15, 0.2) is 10.6 Å². The summed E-state index contributed by atoms with van der Waals surface area (Å²) in [5.74, 6) is -0.935. The Morgan fingerprint density at radius 2 is 2.31 bits per heavy atom. The monoisotopic (exact) mass is 188 g/mol. The second-order valence-corrected chi connectivity index (χ2v) is 2.11. The first-order chi connectivity index (χ1) is 6.10. The molecule has 0 amide bonds. The van der Waals surface area contributed by atoms with Crippen molar-refractivity contribution in [1.82, 2.24) is 5.16 Å². The van der Waals surface area contributed by atoms with Gasteiger partial charge in [-0.05, 0) is 0 Å². The normalized spacial score (nSPS) is 8.77. The van der Waals surface area contributed by atoms with Gasteiger partial charge in [0.15, 0.2) is 0 Å². The molecule has 74 valence electrons. The van der Waals surface area contributed by atoms with Crippen LogP contribution in [0, 0.1) is 0 Å². The van der Waals surface area contributed by atoms with Gasteiger partial charge in [0.25, 0.3) is 0 Å². The fourth-order valence-electron chi connectivity index (χ4n) is 0.397. The van der Waals surface area contributed by atoms with E-state index in [4.69, 9.17) is 15.9 Å². The van der Waals surface area contributed by atoms with Crippen molar-refractivity contribution < 1.29 is 19.5 Å². The zero-order valence-electron chi connectivity index (χ0n) is 7.23. The maximum Gasteiger partial charge on any atom is 0.308 e. The molecule has 0 fully saturated rings. The first-order valence-electron chi connectivity index (χ1n) is 3.66. The van der Waals surface area contributed by atoms with Crippen molar-refractivity contribution in [3.63, 3.8) is 0 Å². The number of aromatic nitrogens is 1. The molecule has 0 aliphatic carbocycles. The van der Waals surface area contributed by atoms with Gasteiger partial charge in [0.2, 0.25) is 0 Å². The summed E-state index contributed by atoms with van der Waals surface area (Å²) in [5, 5.41) is 19.6. The van der Waals surface area contributed by atoms with E-state index in [0.29, 0.717) is 12.2 Å². The summed E-state index contributed by atoms with van der Waals surface area (Å²) in [6.07, 6.45) is 0.222. The number of rotatable bonds is 2. The minimum Gasteiger partial charge on any atom is -0.481 e. The Morgan fingerprint density at radius 3 is 2.46 bits per heavy atom. The molecular formula is C7H12N2O4. The number of nitrogens with zero attached hydrogens (tertiary/aromatic N) is 1. The lowest BCUT2D eigenvalue weighted by Gasteiger charge is -1.75. The smallest absolute Gasteiger partial charge is 0.308 e.